The molecule has 5 nitrogen and oxygen atoms in total. The summed E-state index contributed by atoms with van der Waals surface area (Å²) in [6, 6.07) is 10.3. The molecule has 6 heteroatoms. The van der Waals surface area contributed by atoms with Gasteiger partial charge in [0, 0.05) is 29.4 Å². The van der Waals surface area contributed by atoms with Gasteiger partial charge in [-0.1, -0.05) is 24.6 Å². The number of methoxy groups -OCH3 is 1. The lowest BCUT2D eigenvalue weighted by atomic mass is 10.1. The molecule has 3 rings (SSSR count). The average molecular weight is 398 g/mol. The van der Waals surface area contributed by atoms with E-state index in [0.717, 1.165) is 47.6 Å². The van der Waals surface area contributed by atoms with Crippen LogP contribution >= 0.6 is 11.3 Å². The van der Waals surface area contributed by atoms with Crippen LogP contribution in [0.15, 0.2) is 24.3 Å². The molecule has 0 aliphatic heterocycles. The number of aryl methyl sites for hydroxylation is 1. The number of carbonyl (C=O) groups excluding carboxylic acids is 1. The molecule has 1 aromatic carbocycles. The molecule has 1 amide bonds. The fourth-order valence-electron chi connectivity index (χ4n) is 3.67. The highest BCUT2D eigenvalue weighted by Crippen LogP contribution is 2.37. The fraction of sp³-hybridized carbons (Fsp3) is 0.455. The van der Waals surface area contributed by atoms with Crippen LogP contribution in [0.2, 0.25) is 0 Å². The van der Waals surface area contributed by atoms with E-state index in [9.17, 15) is 10.1 Å². The summed E-state index contributed by atoms with van der Waals surface area (Å²) in [6.07, 6.45) is 5.81. The fourth-order valence-corrected chi connectivity index (χ4v) is 4.93. The molecule has 0 fully saturated rings. The van der Waals surface area contributed by atoms with Crippen LogP contribution in [0.25, 0.3) is 0 Å². The van der Waals surface area contributed by atoms with Crippen molar-refractivity contribution in [3.8, 4) is 11.8 Å². The summed E-state index contributed by atoms with van der Waals surface area (Å²) < 4.78 is 5.40. The van der Waals surface area contributed by atoms with Gasteiger partial charge in [0.25, 0.3) is 0 Å². The molecule has 1 aliphatic carbocycles. The molecule has 1 aromatic heterocycles. The van der Waals surface area contributed by atoms with Gasteiger partial charge >= 0.3 is 0 Å². The first-order chi connectivity index (χ1) is 13.6. The number of anilines is 1. The molecule has 0 unspecified atom stereocenters. The predicted molar refractivity (Wildman–Crippen MR) is 113 cm³/mol. The van der Waals surface area contributed by atoms with Gasteiger partial charge in [0.2, 0.25) is 5.91 Å². The smallest absolute Gasteiger partial charge is 0.226 e. The second-order valence-corrected chi connectivity index (χ2v) is 8.20. The first-order valence-corrected chi connectivity index (χ1v) is 10.7. The Morgan fingerprint density at radius 2 is 2.07 bits per heavy atom. The Morgan fingerprint density at radius 3 is 2.86 bits per heavy atom. The van der Waals surface area contributed by atoms with Crippen molar-refractivity contribution in [3.63, 3.8) is 0 Å². The van der Waals surface area contributed by atoms with E-state index in [-0.39, 0.29) is 11.9 Å². The van der Waals surface area contributed by atoms with E-state index in [2.05, 4.69) is 23.6 Å². The molecule has 0 spiro atoms. The number of hydrogen-bond donors (Lipinski definition) is 2. The number of nitriles is 1. The molecule has 1 aliphatic rings. The molecule has 28 heavy (non-hydrogen) atoms. The topological polar surface area (TPSA) is 74.2 Å². The van der Waals surface area contributed by atoms with Crippen molar-refractivity contribution in [2.45, 2.75) is 51.5 Å². The van der Waals surface area contributed by atoms with Gasteiger partial charge in [-0.25, -0.2) is 0 Å². The Hall–Kier alpha value is -2.36. The number of hydrogen-bond acceptors (Lipinski definition) is 5. The van der Waals surface area contributed by atoms with Gasteiger partial charge < -0.3 is 15.4 Å². The summed E-state index contributed by atoms with van der Waals surface area (Å²) in [5.74, 6) is 0.776. The van der Waals surface area contributed by atoms with Crippen LogP contribution in [-0.2, 0) is 17.6 Å². The molecule has 1 atom stereocenters. The molecule has 1 heterocycles. The summed E-state index contributed by atoms with van der Waals surface area (Å²) in [6.45, 7) is 2.61. The molecule has 2 aromatic rings. The lowest BCUT2D eigenvalue weighted by Gasteiger charge is -2.17. The summed E-state index contributed by atoms with van der Waals surface area (Å²) in [5.41, 5.74) is 2.90. The van der Waals surface area contributed by atoms with Crippen LogP contribution in [0.1, 0.15) is 60.2 Å². The van der Waals surface area contributed by atoms with Gasteiger partial charge in [0.05, 0.1) is 12.7 Å². The zero-order valence-corrected chi connectivity index (χ0v) is 17.3. The third-order valence-corrected chi connectivity index (χ3v) is 6.40. The van der Waals surface area contributed by atoms with Gasteiger partial charge in [-0.15, -0.1) is 11.3 Å². The van der Waals surface area contributed by atoms with Crippen LogP contribution in [0.5, 0.6) is 5.75 Å². The highest BCUT2D eigenvalue weighted by atomic mass is 32.1. The molecule has 0 bridgehead atoms. The number of thiophene rings is 1. The van der Waals surface area contributed by atoms with E-state index in [4.69, 9.17) is 4.74 Å². The van der Waals surface area contributed by atoms with Gasteiger partial charge in [0.15, 0.2) is 0 Å². The minimum atomic E-state index is -0.0624. The number of fused-ring (bicyclic) bond motifs is 1. The third kappa shape index (κ3) is 4.73. The predicted octanol–water partition coefficient (Wildman–Crippen LogP) is 4.58. The lowest BCUT2D eigenvalue weighted by Crippen LogP contribution is -2.24. The van der Waals surface area contributed by atoms with Gasteiger partial charge in [-0.3, -0.25) is 4.79 Å². The molecule has 0 radical (unpaired) electrons. The maximum absolute atomic E-state index is 12.4. The van der Waals surface area contributed by atoms with Crippen molar-refractivity contribution in [3.05, 3.63) is 45.8 Å². The molecular formula is C22H27N3O2S. The highest BCUT2D eigenvalue weighted by molar-refractivity contribution is 7.16. The maximum atomic E-state index is 12.4. The maximum Gasteiger partial charge on any atom is 0.226 e. The van der Waals surface area contributed by atoms with E-state index >= 15 is 0 Å². The Kier molecular flexibility index (Phi) is 7.07. The highest BCUT2D eigenvalue weighted by Gasteiger charge is 2.21. The zero-order chi connectivity index (χ0) is 19.9. The summed E-state index contributed by atoms with van der Waals surface area (Å²) in [7, 11) is 1.66. The van der Waals surface area contributed by atoms with Crippen molar-refractivity contribution in [1.29, 1.82) is 5.26 Å². The normalized spacial score (nSPS) is 14.5. The lowest BCUT2D eigenvalue weighted by molar-refractivity contribution is -0.116. The summed E-state index contributed by atoms with van der Waals surface area (Å²) in [5, 5.41) is 16.6. The quantitative estimate of drug-likeness (QED) is 0.671. The van der Waals surface area contributed by atoms with Crippen molar-refractivity contribution < 1.29 is 9.53 Å². The summed E-state index contributed by atoms with van der Waals surface area (Å²) >= 11 is 1.58. The summed E-state index contributed by atoms with van der Waals surface area (Å²) in [4.78, 5) is 13.7. The van der Waals surface area contributed by atoms with Crippen molar-refractivity contribution >= 4 is 22.2 Å². The van der Waals surface area contributed by atoms with E-state index in [1.165, 1.54) is 11.3 Å². The number of amides is 1. The number of ether oxygens (including phenoxy) is 1. The Labute approximate surface area is 170 Å². The van der Waals surface area contributed by atoms with Crippen LogP contribution in [0.3, 0.4) is 0 Å². The molecule has 148 valence electrons. The largest absolute Gasteiger partial charge is 0.496 e. The first kappa shape index (κ1) is 20.4. The minimum absolute atomic E-state index is 0.0624. The van der Waals surface area contributed by atoms with Crippen molar-refractivity contribution in [2.75, 3.05) is 19.0 Å². The first-order valence-electron chi connectivity index (χ1n) is 9.84. The average Bonchev–Trinajstić information content (AvgIpc) is 2.86. The Morgan fingerprint density at radius 1 is 1.29 bits per heavy atom. The van der Waals surface area contributed by atoms with E-state index in [1.54, 1.807) is 18.4 Å². The van der Waals surface area contributed by atoms with E-state index in [0.29, 0.717) is 18.5 Å². The van der Waals surface area contributed by atoms with E-state index in [1.807, 2.05) is 24.3 Å². The van der Waals surface area contributed by atoms with Gasteiger partial charge in [-0.05, 0) is 44.2 Å². The van der Waals surface area contributed by atoms with Crippen LogP contribution in [0, 0.1) is 11.3 Å². The van der Waals surface area contributed by atoms with Crippen molar-refractivity contribution in [2.24, 2.45) is 0 Å². The standard InChI is InChI=1S/C22H27N3O2S/c1-15(16-8-6-7-10-19(16)27-2)24-13-12-21(26)25-22-18(14-23)17-9-4-3-5-11-20(17)28-22/h6-8,10,15,24H,3-5,9,11-13H2,1-2H3,(H,25,26)/t15-/m0/s1. The Balaban J connectivity index is 1.56. The number of para-hydroxylation sites is 1. The monoisotopic (exact) mass is 397 g/mol. The molecule has 0 saturated heterocycles. The number of rotatable bonds is 7. The van der Waals surface area contributed by atoms with Crippen LogP contribution in [-0.4, -0.2) is 19.6 Å². The second-order valence-electron chi connectivity index (χ2n) is 7.10. The van der Waals surface area contributed by atoms with Crippen molar-refractivity contribution in [1.82, 2.24) is 5.32 Å². The van der Waals surface area contributed by atoms with Crippen LogP contribution in [0.4, 0.5) is 5.00 Å². The molecule has 0 saturated carbocycles. The van der Waals surface area contributed by atoms with Crippen LogP contribution < -0.4 is 15.4 Å². The number of nitrogens with one attached hydrogen (secondary N) is 2. The zero-order valence-electron chi connectivity index (χ0n) is 16.5. The van der Waals surface area contributed by atoms with E-state index < -0.39 is 0 Å². The molecule has 2 N–H and O–H groups in total. The minimum Gasteiger partial charge on any atom is -0.496 e. The number of carbonyl (C=O) groups is 1. The number of nitrogens with zero attached hydrogens (tertiary/aromatic N) is 1. The third-order valence-electron chi connectivity index (χ3n) is 5.19. The second kappa shape index (κ2) is 9.72. The Bertz CT molecular complexity index is 869. The van der Waals surface area contributed by atoms with Gasteiger partial charge in [0.1, 0.15) is 16.8 Å². The SMILES string of the molecule is COc1ccccc1[C@H](C)NCCC(=O)Nc1sc2c(c1C#N)CCCCC2. The van der Waals surface area contributed by atoms with Gasteiger partial charge in [-0.2, -0.15) is 5.26 Å². The molecular weight excluding hydrogens is 370 g/mol. The number of benzene rings is 1.